The van der Waals surface area contributed by atoms with E-state index in [4.69, 9.17) is 14.6 Å². The summed E-state index contributed by atoms with van der Waals surface area (Å²) >= 11 is 0. The minimum atomic E-state index is -4.78. The van der Waals surface area contributed by atoms with E-state index in [9.17, 15) is 22.8 Å². The molecule has 1 fully saturated rings. The van der Waals surface area contributed by atoms with Crippen LogP contribution in [0.4, 0.5) is 18.9 Å². The number of carbonyl (C=O) groups is 2. The predicted molar refractivity (Wildman–Crippen MR) is 128 cm³/mol. The number of rotatable bonds is 12. The fraction of sp³-hybridized carbons (Fsp3) is 0.400. The van der Waals surface area contributed by atoms with Gasteiger partial charge in [-0.3, -0.25) is 9.59 Å². The van der Waals surface area contributed by atoms with Crippen molar-refractivity contribution in [1.29, 1.82) is 0 Å². The minimum Gasteiger partial charge on any atom is -0.481 e. The summed E-state index contributed by atoms with van der Waals surface area (Å²) in [5.74, 6) is -1.72. The van der Waals surface area contributed by atoms with Crippen LogP contribution in [-0.4, -0.2) is 67.2 Å². The number of amidine groups is 1. The lowest BCUT2D eigenvalue weighted by Crippen LogP contribution is -2.32. The molecule has 0 bridgehead atoms. The Morgan fingerprint density at radius 2 is 1.84 bits per heavy atom. The zero-order valence-electron chi connectivity index (χ0n) is 20.2. The molecule has 1 aliphatic heterocycles. The topological polar surface area (TPSA) is 110 Å². The Labute approximate surface area is 211 Å². The molecule has 1 amide bonds. The Morgan fingerprint density at radius 1 is 1.14 bits per heavy atom. The van der Waals surface area contributed by atoms with E-state index < -0.39 is 12.3 Å². The number of ether oxygens (including phenoxy) is 3. The molecule has 0 aromatic heterocycles. The molecule has 1 atom stereocenters. The molecule has 1 unspecified atom stereocenters. The number of alkyl halides is 3. The minimum absolute atomic E-state index is 0.0288. The lowest BCUT2D eigenvalue weighted by Gasteiger charge is -2.24. The Morgan fingerprint density at radius 3 is 2.46 bits per heavy atom. The van der Waals surface area contributed by atoms with Gasteiger partial charge in [0.25, 0.3) is 11.9 Å². The first-order chi connectivity index (χ1) is 17.7. The van der Waals surface area contributed by atoms with Gasteiger partial charge < -0.3 is 29.5 Å². The number of halogens is 3. The highest BCUT2D eigenvalue weighted by atomic mass is 19.4. The monoisotopic (exact) mass is 523 g/mol. The highest BCUT2D eigenvalue weighted by Crippen LogP contribution is 2.30. The first kappa shape index (κ1) is 27.8. The fourth-order valence-electron chi connectivity index (χ4n) is 3.57. The number of carbonyl (C=O) groups excluding carboxylic acids is 1. The van der Waals surface area contributed by atoms with E-state index in [2.05, 4.69) is 15.0 Å². The SMILES string of the molecule is CCCOCCN1C(=Nc2ccc(OC(F)(F)F)cc2)OCC1c1ccc(C(=O)NCCC(=O)O)cc1. The van der Waals surface area contributed by atoms with Crippen molar-refractivity contribution in [2.24, 2.45) is 4.99 Å². The summed E-state index contributed by atoms with van der Waals surface area (Å²) in [4.78, 5) is 29.2. The summed E-state index contributed by atoms with van der Waals surface area (Å²) in [5.41, 5.74) is 1.63. The number of amides is 1. The summed E-state index contributed by atoms with van der Waals surface area (Å²) in [6.45, 7) is 3.76. The normalized spacial score (nSPS) is 16.5. The molecule has 9 nitrogen and oxygen atoms in total. The molecule has 2 aromatic rings. The van der Waals surface area contributed by atoms with Crippen molar-refractivity contribution in [1.82, 2.24) is 10.2 Å². The highest BCUT2D eigenvalue weighted by Gasteiger charge is 2.33. The number of benzene rings is 2. The molecular formula is C25H28F3N3O6. The van der Waals surface area contributed by atoms with E-state index in [1.54, 1.807) is 24.3 Å². The third kappa shape index (κ3) is 8.67. The van der Waals surface area contributed by atoms with Crippen LogP contribution in [0.1, 0.15) is 41.7 Å². The maximum atomic E-state index is 12.4. The third-order valence-corrected chi connectivity index (χ3v) is 5.29. The van der Waals surface area contributed by atoms with Gasteiger partial charge in [-0.1, -0.05) is 19.1 Å². The van der Waals surface area contributed by atoms with Crippen molar-refractivity contribution in [3.05, 3.63) is 59.7 Å². The molecule has 0 saturated carbocycles. The molecule has 1 saturated heterocycles. The van der Waals surface area contributed by atoms with Crippen molar-refractivity contribution >= 4 is 23.6 Å². The Balaban J connectivity index is 1.74. The summed E-state index contributed by atoms with van der Waals surface area (Å²) < 4.78 is 52.6. The lowest BCUT2D eigenvalue weighted by molar-refractivity contribution is -0.274. The zero-order valence-corrected chi connectivity index (χ0v) is 20.2. The number of nitrogens with zero attached hydrogens (tertiary/aromatic N) is 2. The van der Waals surface area contributed by atoms with Gasteiger partial charge in [0.1, 0.15) is 12.4 Å². The van der Waals surface area contributed by atoms with Gasteiger partial charge in [-0.2, -0.15) is 4.99 Å². The standard InChI is InChI=1S/C25H28F3N3O6/c1-2-14-35-15-13-31-21(17-3-5-18(6-4-17)23(34)29-12-11-22(32)33)16-36-24(31)30-19-7-9-20(10-8-19)37-25(26,27)28/h3-10,21H,2,11-16H2,1H3,(H,29,34)(H,32,33). The smallest absolute Gasteiger partial charge is 0.481 e. The second-order valence-electron chi connectivity index (χ2n) is 8.09. The van der Waals surface area contributed by atoms with Crippen LogP contribution in [0.15, 0.2) is 53.5 Å². The average Bonchev–Trinajstić information content (AvgIpc) is 3.24. The van der Waals surface area contributed by atoms with Crippen LogP contribution in [0.25, 0.3) is 0 Å². The summed E-state index contributed by atoms with van der Waals surface area (Å²) in [7, 11) is 0. The highest BCUT2D eigenvalue weighted by molar-refractivity contribution is 5.94. The molecule has 12 heteroatoms. The van der Waals surface area contributed by atoms with Crippen LogP contribution in [0.3, 0.4) is 0 Å². The van der Waals surface area contributed by atoms with Crippen molar-refractivity contribution < 1.29 is 42.1 Å². The summed E-state index contributed by atoms with van der Waals surface area (Å²) in [6, 6.07) is 12.1. The van der Waals surface area contributed by atoms with E-state index in [1.165, 1.54) is 24.3 Å². The number of carboxylic acids is 1. The van der Waals surface area contributed by atoms with Crippen LogP contribution < -0.4 is 10.1 Å². The van der Waals surface area contributed by atoms with Gasteiger partial charge in [0.15, 0.2) is 0 Å². The predicted octanol–water partition coefficient (Wildman–Crippen LogP) is 4.28. The zero-order chi connectivity index (χ0) is 26.8. The molecule has 37 heavy (non-hydrogen) atoms. The second-order valence-corrected chi connectivity index (χ2v) is 8.09. The molecule has 0 aliphatic carbocycles. The second kappa shape index (κ2) is 12.9. The quantitative estimate of drug-likeness (QED) is 0.400. The van der Waals surface area contributed by atoms with Gasteiger partial charge >= 0.3 is 12.3 Å². The van der Waals surface area contributed by atoms with Gasteiger partial charge in [0.05, 0.1) is 24.8 Å². The largest absolute Gasteiger partial charge is 0.573 e. The number of hydrogen-bond acceptors (Lipinski definition) is 6. The molecule has 1 heterocycles. The number of carboxylic acid groups (broad SMARTS) is 1. The van der Waals surface area contributed by atoms with E-state index in [0.717, 1.165) is 12.0 Å². The van der Waals surface area contributed by atoms with Crippen LogP contribution in [-0.2, 0) is 14.3 Å². The van der Waals surface area contributed by atoms with E-state index in [-0.39, 0.29) is 37.3 Å². The Hall–Kier alpha value is -3.80. The number of hydrogen-bond donors (Lipinski definition) is 2. The van der Waals surface area contributed by atoms with Crippen LogP contribution in [0.2, 0.25) is 0 Å². The molecule has 0 spiro atoms. The van der Waals surface area contributed by atoms with E-state index >= 15 is 0 Å². The summed E-state index contributed by atoms with van der Waals surface area (Å²) in [6.07, 6.45) is -4.08. The van der Waals surface area contributed by atoms with Crippen molar-refractivity contribution in [3.63, 3.8) is 0 Å². The molecule has 2 aromatic carbocycles. The Kier molecular flexibility index (Phi) is 9.72. The van der Waals surface area contributed by atoms with Crippen molar-refractivity contribution in [2.45, 2.75) is 32.2 Å². The van der Waals surface area contributed by atoms with Crippen LogP contribution in [0, 0.1) is 0 Å². The van der Waals surface area contributed by atoms with Gasteiger partial charge in [-0.15, -0.1) is 13.2 Å². The van der Waals surface area contributed by atoms with Gasteiger partial charge in [-0.05, 0) is 48.4 Å². The molecular weight excluding hydrogens is 495 g/mol. The molecule has 3 rings (SSSR count). The van der Waals surface area contributed by atoms with E-state index in [0.29, 0.717) is 37.0 Å². The maximum Gasteiger partial charge on any atom is 0.573 e. The van der Waals surface area contributed by atoms with Crippen LogP contribution in [0.5, 0.6) is 5.75 Å². The number of nitrogens with one attached hydrogen (secondary N) is 1. The Bertz CT molecular complexity index is 1070. The average molecular weight is 524 g/mol. The van der Waals surface area contributed by atoms with Crippen molar-refractivity contribution in [3.8, 4) is 5.75 Å². The van der Waals surface area contributed by atoms with E-state index in [1.807, 2.05) is 11.8 Å². The number of aliphatic carboxylic acids is 1. The maximum absolute atomic E-state index is 12.4. The molecule has 200 valence electrons. The first-order valence-corrected chi connectivity index (χ1v) is 11.7. The first-order valence-electron chi connectivity index (χ1n) is 11.7. The molecule has 0 radical (unpaired) electrons. The van der Waals surface area contributed by atoms with Gasteiger partial charge in [0, 0.05) is 25.3 Å². The van der Waals surface area contributed by atoms with Gasteiger partial charge in [0.2, 0.25) is 0 Å². The molecule has 2 N–H and O–H groups in total. The molecule has 1 aliphatic rings. The fourth-order valence-corrected chi connectivity index (χ4v) is 3.57. The van der Waals surface area contributed by atoms with Gasteiger partial charge in [-0.25, -0.2) is 0 Å². The van der Waals surface area contributed by atoms with Crippen molar-refractivity contribution in [2.75, 3.05) is 32.9 Å². The third-order valence-electron chi connectivity index (χ3n) is 5.29. The van der Waals surface area contributed by atoms with Crippen LogP contribution >= 0.6 is 0 Å². The number of aliphatic imine (C=N–C) groups is 1. The summed E-state index contributed by atoms with van der Waals surface area (Å²) in [5, 5.41) is 11.3. The lowest BCUT2D eigenvalue weighted by atomic mass is 10.0.